The van der Waals surface area contributed by atoms with Gasteiger partial charge in [0, 0.05) is 17.6 Å². The lowest BCUT2D eigenvalue weighted by Gasteiger charge is -2.30. The van der Waals surface area contributed by atoms with Crippen molar-refractivity contribution in [2.45, 2.75) is 51.7 Å². The fraction of sp³-hybridized carbons (Fsp3) is 0.400. The lowest BCUT2D eigenvalue weighted by Crippen LogP contribution is -2.43. The van der Waals surface area contributed by atoms with E-state index in [-0.39, 0.29) is 29.6 Å². The Labute approximate surface area is 172 Å². The molecule has 1 aromatic carbocycles. The molecule has 0 radical (unpaired) electrons. The second-order valence-electron chi connectivity index (χ2n) is 7.05. The van der Waals surface area contributed by atoms with E-state index in [2.05, 4.69) is 15.2 Å². The number of thioether (sulfide) groups is 1. The number of hydrogen-bond acceptors (Lipinski definition) is 6. The minimum Gasteiger partial charge on any atom is -0.337 e. The molecule has 0 bridgehead atoms. The number of nitrogens with zero attached hydrogens (tertiary/aromatic N) is 4. The highest BCUT2D eigenvalue weighted by Crippen LogP contribution is 2.35. The maximum absolute atomic E-state index is 13.3. The van der Waals surface area contributed by atoms with Crippen molar-refractivity contribution >= 4 is 39.2 Å². The van der Waals surface area contributed by atoms with Gasteiger partial charge in [-0.25, -0.2) is 9.37 Å². The molecule has 148 valence electrons. The number of thiazole rings is 1. The summed E-state index contributed by atoms with van der Waals surface area (Å²) < 4.78 is 14.2. The quantitative estimate of drug-likeness (QED) is 0.531. The van der Waals surface area contributed by atoms with Crippen LogP contribution in [0.15, 0.2) is 29.3 Å². The number of benzene rings is 1. The first-order valence-electron chi connectivity index (χ1n) is 9.11. The summed E-state index contributed by atoms with van der Waals surface area (Å²) in [6.45, 7) is 9.99. The molecule has 0 N–H and O–H groups in total. The molecule has 0 aliphatic carbocycles. The molecule has 0 unspecified atom stereocenters. The number of halogens is 1. The zero-order chi connectivity index (χ0) is 20.4. The van der Waals surface area contributed by atoms with E-state index in [9.17, 15) is 9.18 Å². The summed E-state index contributed by atoms with van der Waals surface area (Å²) in [6.07, 6.45) is 0. The number of aromatic nitrogens is 3. The smallest absolute Gasteiger partial charge is 0.233 e. The maximum atomic E-state index is 13.3. The van der Waals surface area contributed by atoms with E-state index in [0.717, 1.165) is 20.8 Å². The van der Waals surface area contributed by atoms with Gasteiger partial charge in [-0.2, -0.15) is 0 Å². The fourth-order valence-electron chi connectivity index (χ4n) is 3.19. The number of hydrogen-bond donors (Lipinski definition) is 0. The second-order valence-corrected chi connectivity index (χ2v) is 9.22. The summed E-state index contributed by atoms with van der Waals surface area (Å²) >= 11 is 2.89. The van der Waals surface area contributed by atoms with Crippen molar-refractivity contribution in [3.8, 4) is 11.3 Å². The van der Waals surface area contributed by atoms with Gasteiger partial charge >= 0.3 is 0 Å². The van der Waals surface area contributed by atoms with Crippen LogP contribution in [0.25, 0.3) is 21.5 Å². The van der Waals surface area contributed by atoms with Crippen LogP contribution in [0.4, 0.5) is 4.39 Å². The number of carbonyl (C=O) groups is 1. The summed E-state index contributed by atoms with van der Waals surface area (Å²) in [6, 6.07) is 6.47. The van der Waals surface area contributed by atoms with Crippen LogP contribution in [-0.4, -0.2) is 43.8 Å². The first kappa shape index (κ1) is 20.7. The lowest BCUT2D eigenvalue weighted by molar-refractivity contribution is -0.131. The van der Waals surface area contributed by atoms with E-state index in [0.29, 0.717) is 10.7 Å². The van der Waals surface area contributed by atoms with Crippen molar-refractivity contribution in [3.63, 3.8) is 0 Å². The highest BCUT2D eigenvalue weighted by Gasteiger charge is 2.22. The fourth-order valence-corrected chi connectivity index (χ4v) is 4.97. The van der Waals surface area contributed by atoms with Crippen LogP contribution in [0.1, 0.15) is 32.7 Å². The van der Waals surface area contributed by atoms with Gasteiger partial charge in [-0.3, -0.25) is 4.79 Å². The Morgan fingerprint density at radius 2 is 1.79 bits per heavy atom. The van der Waals surface area contributed by atoms with Crippen molar-refractivity contribution in [1.82, 2.24) is 20.1 Å². The SMILES string of the molecule is Cc1nc2c(SCC(=O)N(C(C)C)C(C)C)nnc(-c3ccc(F)cc3)c2s1. The maximum Gasteiger partial charge on any atom is 0.233 e. The lowest BCUT2D eigenvalue weighted by atomic mass is 10.1. The molecule has 2 heterocycles. The van der Waals surface area contributed by atoms with Gasteiger partial charge in [0.25, 0.3) is 0 Å². The standard InChI is InChI=1S/C20H23FN4OS2/c1-11(2)25(12(3)4)16(26)10-27-20-18-19(28-13(5)22-18)17(23-24-20)14-6-8-15(21)9-7-14/h6-9,11-12H,10H2,1-5H3. The third-order valence-corrected chi connectivity index (χ3v) is 6.16. The Kier molecular flexibility index (Phi) is 6.30. The third kappa shape index (κ3) is 4.33. The molecular weight excluding hydrogens is 395 g/mol. The molecule has 3 aromatic rings. The Hall–Kier alpha value is -2.06. The highest BCUT2D eigenvalue weighted by atomic mass is 32.2. The molecular formula is C20H23FN4OS2. The molecule has 28 heavy (non-hydrogen) atoms. The van der Waals surface area contributed by atoms with Crippen molar-refractivity contribution < 1.29 is 9.18 Å². The predicted molar refractivity (Wildman–Crippen MR) is 113 cm³/mol. The van der Waals surface area contributed by atoms with Crippen molar-refractivity contribution in [1.29, 1.82) is 0 Å². The minimum absolute atomic E-state index is 0.0690. The van der Waals surface area contributed by atoms with Gasteiger partial charge in [-0.05, 0) is 58.9 Å². The predicted octanol–water partition coefficient (Wildman–Crippen LogP) is 4.94. The van der Waals surface area contributed by atoms with Crippen LogP contribution in [0.3, 0.4) is 0 Å². The average molecular weight is 419 g/mol. The van der Waals surface area contributed by atoms with Crippen LogP contribution >= 0.6 is 23.1 Å². The average Bonchev–Trinajstić information content (AvgIpc) is 3.01. The van der Waals surface area contributed by atoms with Crippen LogP contribution in [0, 0.1) is 12.7 Å². The molecule has 0 aliphatic rings. The summed E-state index contributed by atoms with van der Waals surface area (Å²) in [4.78, 5) is 19.1. The molecule has 0 spiro atoms. The minimum atomic E-state index is -0.293. The Balaban J connectivity index is 1.90. The van der Waals surface area contributed by atoms with Gasteiger partial charge in [0.1, 0.15) is 22.1 Å². The van der Waals surface area contributed by atoms with Crippen LogP contribution in [0.5, 0.6) is 0 Å². The first-order valence-corrected chi connectivity index (χ1v) is 10.9. The Bertz CT molecular complexity index is 978. The molecule has 3 rings (SSSR count). The van der Waals surface area contributed by atoms with Gasteiger partial charge in [-0.15, -0.1) is 21.5 Å². The van der Waals surface area contributed by atoms with Crippen LogP contribution < -0.4 is 0 Å². The number of fused-ring (bicyclic) bond motifs is 1. The zero-order valence-electron chi connectivity index (χ0n) is 16.6. The molecule has 0 saturated heterocycles. The normalized spacial score (nSPS) is 11.6. The van der Waals surface area contributed by atoms with Gasteiger partial charge < -0.3 is 4.90 Å². The van der Waals surface area contributed by atoms with Crippen LogP contribution in [-0.2, 0) is 4.79 Å². The van der Waals surface area contributed by atoms with Crippen LogP contribution in [0.2, 0.25) is 0 Å². The molecule has 2 aromatic heterocycles. The summed E-state index contributed by atoms with van der Waals surface area (Å²) in [5.41, 5.74) is 2.22. The number of carbonyl (C=O) groups excluding carboxylic acids is 1. The Morgan fingerprint density at radius 3 is 2.39 bits per heavy atom. The monoisotopic (exact) mass is 418 g/mol. The highest BCUT2D eigenvalue weighted by molar-refractivity contribution is 8.00. The van der Waals surface area contributed by atoms with E-state index >= 15 is 0 Å². The van der Waals surface area contributed by atoms with Gasteiger partial charge in [-0.1, -0.05) is 11.8 Å². The van der Waals surface area contributed by atoms with Crippen molar-refractivity contribution in [2.75, 3.05) is 5.75 Å². The molecule has 0 atom stereocenters. The molecule has 0 saturated carbocycles. The zero-order valence-corrected chi connectivity index (χ0v) is 18.2. The third-order valence-electron chi connectivity index (χ3n) is 4.24. The topological polar surface area (TPSA) is 59.0 Å². The molecule has 0 fully saturated rings. The summed E-state index contributed by atoms with van der Waals surface area (Å²) in [5, 5.41) is 10.2. The van der Waals surface area contributed by atoms with E-state index < -0.39 is 0 Å². The van der Waals surface area contributed by atoms with E-state index in [1.807, 2.05) is 39.5 Å². The second kappa shape index (κ2) is 8.53. The van der Waals surface area contributed by atoms with E-state index in [4.69, 9.17) is 0 Å². The van der Waals surface area contributed by atoms with E-state index in [1.165, 1.54) is 35.2 Å². The molecule has 1 amide bonds. The first-order chi connectivity index (χ1) is 13.3. The molecule has 0 aliphatic heterocycles. The number of aryl methyl sites for hydroxylation is 1. The van der Waals surface area contributed by atoms with Gasteiger partial charge in [0.15, 0.2) is 0 Å². The number of rotatable bonds is 6. The molecule has 5 nitrogen and oxygen atoms in total. The van der Waals surface area contributed by atoms with Crippen molar-refractivity contribution in [2.24, 2.45) is 0 Å². The Morgan fingerprint density at radius 1 is 1.14 bits per heavy atom. The van der Waals surface area contributed by atoms with Gasteiger partial charge in [0.2, 0.25) is 5.91 Å². The number of amides is 1. The van der Waals surface area contributed by atoms with Gasteiger partial charge in [0.05, 0.1) is 15.5 Å². The van der Waals surface area contributed by atoms with Crippen molar-refractivity contribution in [3.05, 3.63) is 35.1 Å². The molecule has 8 heteroatoms. The largest absolute Gasteiger partial charge is 0.337 e. The van der Waals surface area contributed by atoms with E-state index in [1.54, 1.807) is 12.1 Å². The summed E-state index contributed by atoms with van der Waals surface area (Å²) in [7, 11) is 0. The summed E-state index contributed by atoms with van der Waals surface area (Å²) in [5.74, 6) is 0.0607.